The van der Waals surface area contributed by atoms with Crippen LogP contribution in [0.25, 0.3) is 34.1 Å². The largest absolute Gasteiger partial charge is 0.355 e. The second-order valence-electron chi connectivity index (χ2n) is 11.3. The number of fused-ring (bicyclic) bond motifs is 1. The molecule has 0 spiro atoms. The number of anilines is 1. The minimum absolute atomic E-state index is 0.0188. The van der Waals surface area contributed by atoms with E-state index < -0.39 is 11.5 Å². The van der Waals surface area contributed by atoms with Crippen LogP contribution in [-0.4, -0.2) is 71.7 Å². The monoisotopic (exact) mass is 620 g/mol. The number of carbonyl (C=O) groups excluding carboxylic acids is 1. The number of piperazine rings is 1. The summed E-state index contributed by atoms with van der Waals surface area (Å²) < 4.78 is 17.0. The van der Waals surface area contributed by atoms with Gasteiger partial charge in [-0.25, -0.2) is 18.7 Å². The van der Waals surface area contributed by atoms with Crippen LogP contribution in [0.5, 0.6) is 0 Å². The van der Waals surface area contributed by atoms with Crippen molar-refractivity contribution in [3.05, 3.63) is 92.7 Å². The average molecular weight is 621 g/mol. The first kappa shape index (κ1) is 32.2. The Morgan fingerprint density at radius 1 is 1.22 bits per heavy atom. The van der Waals surface area contributed by atoms with Gasteiger partial charge in [-0.3, -0.25) is 9.78 Å². The number of hydrogen-bond donors (Lipinski definition) is 0. The molecule has 1 fully saturated rings. The van der Waals surface area contributed by atoms with Gasteiger partial charge in [0.15, 0.2) is 5.65 Å². The van der Waals surface area contributed by atoms with Crippen molar-refractivity contribution in [3.63, 3.8) is 0 Å². The Bertz CT molecular complexity index is 1910. The topological polar surface area (TPSA) is 84.2 Å². The summed E-state index contributed by atoms with van der Waals surface area (Å²) in [6.45, 7) is 12.8. The smallest absolute Gasteiger partial charge is 0.350 e. The summed E-state index contributed by atoms with van der Waals surface area (Å²) in [4.78, 5) is 44.4. The number of hydrogen-bond acceptors (Lipinski definition) is 6. The van der Waals surface area contributed by atoms with E-state index in [0.29, 0.717) is 54.2 Å². The molecule has 1 aliphatic rings. The normalized spacial score (nSPS) is 15.0. The average Bonchev–Trinajstić information content (AvgIpc) is 3.00. The molecule has 1 saturated heterocycles. The van der Waals surface area contributed by atoms with Crippen LogP contribution >= 0.6 is 11.6 Å². The SMILES string of the molecule is [B]C([B])=Cc1cccc(F)c1-c1nc2c(cc1Cl)c(N1CCN(C(=O)C=C)C[C@@H]1C)nc(=O)n2-c1c(CC)ccnc1C(C)C. The highest BCUT2D eigenvalue weighted by Gasteiger charge is 2.31. The fourth-order valence-electron chi connectivity index (χ4n) is 5.87. The van der Waals surface area contributed by atoms with Crippen LogP contribution in [0.4, 0.5) is 10.2 Å². The van der Waals surface area contributed by atoms with Gasteiger partial charge in [-0.2, -0.15) is 10.4 Å². The van der Waals surface area contributed by atoms with E-state index in [-0.39, 0.29) is 45.2 Å². The Labute approximate surface area is 269 Å². The molecule has 0 bridgehead atoms. The maximum atomic E-state index is 15.6. The minimum Gasteiger partial charge on any atom is -0.350 e. The zero-order valence-corrected chi connectivity index (χ0v) is 26.5. The van der Waals surface area contributed by atoms with Gasteiger partial charge in [-0.15, -0.1) is 0 Å². The second-order valence-corrected chi connectivity index (χ2v) is 11.7. The number of carbonyl (C=O) groups is 1. The van der Waals surface area contributed by atoms with Gasteiger partial charge in [-0.05, 0) is 54.7 Å². The fraction of sp³-hybridized carbons (Fsp3) is 0.303. The van der Waals surface area contributed by atoms with Gasteiger partial charge < -0.3 is 9.80 Å². The van der Waals surface area contributed by atoms with Crippen molar-refractivity contribution in [2.24, 2.45) is 0 Å². The lowest BCUT2D eigenvalue weighted by Gasteiger charge is -2.40. The first-order valence-electron chi connectivity index (χ1n) is 14.8. The molecule has 4 aromatic rings. The fourth-order valence-corrected chi connectivity index (χ4v) is 6.12. The predicted octanol–water partition coefficient (Wildman–Crippen LogP) is 5.18. The summed E-state index contributed by atoms with van der Waals surface area (Å²) in [6.07, 6.45) is 5.06. The third kappa shape index (κ3) is 6.06. The lowest BCUT2D eigenvalue weighted by molar-refractivity contribution is -0.126. The van der Waals surface area contributed by atoms with Crippen LogP contribution in [-0.2, 0) is 11.2 Å². The van der Waals surface area contributed by atoms with Crippen molar-refractivity contribution in [1.82, 2.24) is 24.4 Å². The van der Waals surface area contributed by atoms with Crippen LogP contribution in [0, 0.1) is 5.82 Å². The molecule has 5 rings (SSSR count). The maximum absolute atomic E-state index is 15.6. The molecule has 3 aromatic heterocycles. The molecule has 0 saturated carbocycles. The minimum atomic E-state index is -0.586. The molecule has 12 heteroatoms. The third-order valence-electron chi connectivity index (χ3n) is 7.98. The van der Waals surface area contributed by atoms with Gasteiger partial charge in [-0.1, -0.05) is 57.2 Å². The number of aryl methyl sites for hydroxylation is 1. The van der Waals surface area contributed by atoms with Crippen LogP contribution in [0.2, 0.25) is 5.02 Å². The highest BCUT2D eigenvalue weighted by atomic mass is 35.5. The number of benzene rings is 1. The summed E-state index contributed by atoms with van der Waals surface area (Å²) in [5.41, 5.74) is 2.40. The van der Waals surface area contributed by atoms with E-state index in [0.717, 1.165) is 5.56 Å². The van der Waals surface area contributed by atoms with Crippen molar-refractivity contribution in [3.8, 4) is 16.9 Å². The van der Waals surface area contributed by atoms with Crippen molar-refractivity contribution >= 4 is 56.1 Å². The Balaban J connectivity index is 1.87. The van der Waals surface area contributed by atoms with E-state index >= 15 is 4.39 Å². The third-order valence-corrected chi connectivity index (χ3v) is 8.27. The number of halogens is 2. The van der Waals surface area contributed by atoms with Gasteiger partial charge >= 0.3 is 5.69 Å². The molecule has 8 nitrogen and oxygen atoms in total. The first-order valence-corrected chi connectivity index (χ1v) is 15.1. The Morgan fingerprint density at radius 3 is 2.62 bits per heavy atom. The molecular formula is C33H32B2ClFN6O2. The first-order chi connectivity index (χ1) is 21.5. The van der Waals surface area contributed by atoms with Crippen molar-refractivity contribution < 1.29 is 9.18 Å². The molecule has 45 heavy (non-hydrogen) atoms. The Hall–Kier alpha value is -4.24. The Kier molecular flexibility index (Phi) is 9.30. The van der Waals surface area contributed by atoms with Crippen LogP contribution in [0.1, 0.15) is 50.4 Å². The summed E-state index contributed by atoms with van der Waals surface area (Å²) in [5.74, 6) is -0.414. The molecule has 1 atom stereocenters. The molecule has 226 valence electrons. The molecular weight excluding hydrogens is 588 g/mol. The van der Waals surface area contributed by atoms with E-state index in [1.54, 1.807) is 23.2 Å². The van der Waals surface area contributed by atoms with E-state index in [1.807, 2.05) is 38.7 Å². The number of nitrogens with zero attached hydrogens (tertiary/aromatic N) is 6. The van der Waals surface area contributed by atoms with Crippen molar-refractivity contribution in [2.45, 2.75) is 46.1 Å². The zero-order chi connectivity index (χ0) is 32.6. The van der Waals surface area contributed by atoms with Gasteiger partial charge in [0.25, 0.3) is 0 Å². The van der Waals surface area contributed by atoms with E-state index in [1.165, 1.54) is 28.9 Å². The number of rotatable bonds is 7. The van der Waals surface area contributed by atoms with Crippen LogP contribution in [0.15, 0.2) is 59.3 Å². The van der Waals surface area contributed by atoms with E-state index in [2.05, 4.69) is 16.5 Å². The lowest BCUT2D eigenvalue weighted by Crippen LogP contribution is -2.54. The molecule has 1 aromatic carbocycles. The number of pyridine rings is 2. The Morgan fingerprint density at radius 2 is 1.98 bits per heavy atom. The second kappa shape index (κ2) is 13.0. The highest BCUT2D eigenvalue weighted by molar-refractivity contribution is 6.50. The molecule has 0 unspecified atom stereocenters. The summed E-state index contributed by atoms with van der Waals surface area (Å²) >= 11 is 6.91. The van der Waals surface area contributed by atoms with E-state index in [9.17, 15) is 9.59 Å². The highest BCUT2D eigenvalue weighted by Crippen LogP contribution is 2.38. The molecule has 4 radical (unpaired) electrons. The molecule has 1 amide bonds. The molecule has 4 heterocycles. The summed E-state index contributed by atoms with van der Waals surface area (Å²) in [7, 11) is 11.5. The molecule has 0 aliphatic carbocycles. The number of aromatic nitrogens is 4. The van der Waals surface area contributed by atoms with Gasteiger partial charge in [0.2, 0.25) is 5.91 Å². The van der Waals surface area contributed by atoms with Gasteiger partial charge in [0.05, 0.1) is 43.2 Å². The number of amides is 1. The maximum Gasteiger partial charge on any atom is 0.355 e. The molecule has 1 aliphatic heterocycles. The quantitative estimate of drug-likeness (QED) is 0.209. The standard InChI is InChI=1S/C33H32B2ClFN6O2/c1-6-20-11-12-38-28(18(3)4)30(20)43-32-22(31(40-33(43)45)42-14-13-41(17-19(42)5)26(44)7-2)16-23(36)29(39-32)27-21(15-25(34)35)9-8-10-24(27)37/h7-12,15-16,18-19H,2,6,13-14,17H2,1,3-5H3/t19-/m0/s1. The summed E-state index contributed by atoms with van der Waals surface area (Å²) in [6, 6.07) is 7.82. The van der Waals surface area contributed by atoms with Crippen LogP contribution in [0.3, 0.4) is 0 Å². The zero-order valence-electron chi connectivity index (χ0n) is 25.7. The van der Waals surface area contributed by atoms with Gasteiger partial charge in [0, 0.05) is 37.4 Å². The lowest BCUT2D eigenvalue weighted by atomic mass is 9.77. The van der Waals surface area contributed by atoms with Crippen molar-refractivity contribution in [1.29, 1.82) is 0 Å². The molecule has 0 N–H and O–H groups in total. The van der Waals surface area contributed by atoms with Crippen LogP contribution < -0.4 is 10.6 Å². The summed E-state index contributed by atoms with van der Waals surface area (Å²) in [5, 5.41) is 0.617. The van der Waals surface area contributed by atoms with Gasteiger partial charge in [0.1, 0.15) is 11.6 Å². The van der Waals surface area contributed by atoms with E-state index in [4.69, 9.17) is 32.3 Å². The predicted molar refractivity (Wildman–Crippen MR) is 180 cm³/mol. The van der Waals surface area contributed by atoms with Crippen molar-refractivity contribution in [2.75, 3.05) is 24.5 Å².